The molecule has 0 aliphatic carbocycles. The number of carbonyl (C=O) groups excluding carboxylic acids is 4. The van der Waals surface area contributed by atoms with Crippen LogP contribution in [0.25, 0.3) is 10.9 Å². The molecule has 1 fully saturated rings. The summed E-state index contributed by atoms with van der Waals surface area (Å²) in [5, 5.41) is 0.486. The highest BCUT2D eigenvalue weighted by molar-refractivity contribution is 7.90. The van der Waals surface area contributed by atoms with Crippen LogP contribution in [0.2, 0.25) is 0 Å². The van der Waals surface area contributed by atoms with Crippen molar-refractivity contribution in [2.75, 3.05) is 14.2 Å². The number of imide groups is 1. The molecule has 12 heteroatoms. The number of nitrogens with zero attached hydrogens (tertiary/aromatic N) is 2. The zero-order valence-electron chi connectivity index (χ0n) is 24.3. The molecule has 42 heavy (non-hydrogen) atoms. The first-order valence-corrected chi connectivity index (χ1v) is 14.8. The molecule has 0 saturated carbocycles. The predicted octanol–water partition coefficient (Wildman–Crippen LogP) is 4.16. The van der Waals surface area contributed by atoms with Gasteiger partial charge in [0.15, 0.2) is 0 Å². The Bertz CT molecular complexity index is 1640. The average molecular weight is 599 g/mol. The summed E-state index contributed by atoms with van der Waals surface area (Å²) >= 11 is 0. The van der Waals surface area contributed by atoms with Crippen molar-refractivity contribution in [2.24, 2.45) is 5.92 Å². The number of aryl methyl sites for hydroxylation is 1. The second kappa shape index (κ2) is 11.6. The molecule has 2 aromatic carbocycles. The Hall–Kier alpha value is -4.19. The maximum absolute atomic E-state index is 13.9. The number of fused-ring (bicyclic) bond motifs is 1. The molecule has 1 saturated heterocycles. The number of amides is 2. The molecule has 3 aromatic rings. The van der Waals surface area contributed by atoms with E-state index in [1.54, 1.807) is 57.2 Å². The molecule has 1 aliphatic rings. The number of carbonyl (C=O) groups is 4. The number of likely N-dealkylation sites (tertiary alicyclic amines) is 1. The van der Waals surface area contributed by atoms with Gasteiger partial charge in [0.05, 0.1) is 31.1 Å². The number of esters is 2. The predicted molar refractivity (Wildman–Crippen MR) is 152 cm³/mol. The Kier molecular flexibility index (Phi) is 8.49. The first-order valence-electron chi connectivity index (χ1n) is 13.3. The van der Waals surface area contributed by atoms with E-state index in [0.717, 1.165) is 21.5 Å². The minimum Gasteiger partial charge on any atom is -0.469 e. The van der Waals surface area contributed by atoms with Crippen molar-refractivity contribution in [1.29, 1.82) is 0 Å². The Balaban J connectivity index is 1.88. The topological polar surface area (TPSA) is 138 Å². The van der Waals surface area contributed by atoms with Gasteiger partial charge in [-0.05, 0) is 57.9 Å². The molecule has 224 valence electrons. The van der Waals surface area contributed by atoms with Crippen LogP contribution in [0.4, 0.5) is 4.79 Å². The molecule has 2 heterocycles. The Labute approximate surface area is 244 Å². The molecule has 1 aromatic heterocycles. The molecule has 0 radical (unpaired) electrons. The van der Waals surface area contributed by atoms with Crippen LogP contribution in [0.1, 0.15) is 50.7 Å². The maximum atomic E-state index is 13.9. The summed E-state index contributed by atoms with van der Waals surface area (Å²) in [6, 6.07) is 11.8. The molecule has 0 bridgehead atoms. The van der Waals surface area contributed by atoms with Crippen LogP contribution < -0.4 is 0 Å². The fourth-order valence-corrected chi connectivity index (χ4v) is 6.58. The third kappa shape index (κ3) is 5.89. The van der Waals surface area contributed by atoms with Crippen molar-refractivity contribution in [3.63, 3.8) is 0 Å². The van der Waals surface area contributed by atoms with Gasteiger partial charge in [0.2, 0.25) is 5.91 Å². The molecular formula is C30H34N2O9S. The normalized spacial score (nSPS) is 18.1. The van der Waals surface area contributed by atoms with Crippen molar-refractivity contribution in [1.82, 2.24) is 8.87 Å². The van der Waals surface area contributed by atoms with Gasteiger partial charge in [-0.2, -0.15) is 0 Å². The van der Waals surface area contributed by atoms with E-state index < -0.39 is 57.4 Å². The van der Waals surface area contributed by atoms with E-state index in [1.165, 1.54) is 25.4 Å². The molecule has 1 aliphatic heterocycles. The fraction of sp³-hybridized carbons (Fsp3) is 0.400. The van der Waals surface area contributed by atoms with Gasteiger partial charge in [0, 0.05) is 23.4 Å². The van der Waals surface area contributed by atoms with Gasteiger partial charge in [-0.25, -0.2) is 26.9 Å². The number of ether oxygens (including phenoxy) is 3. The summed E-state index contributed by atoms with van der Waals surface area (Å²) in [7, 11) is -1.74. The Morgan fingerprint density at radius 1 is 1.00 bits per heavy atom. The van der Waals surface area contributed by atoms with Crippen molar-refractivity contribution in [2.45, 2.75) is 63.0 Å². The standard InChI is InChI=1S/C30H34N2O9S/c1-18-11-13-19(14-12-18)42(37,38)31-17-23(20-9-7-8-10-24(20)31)21(16-26(33)39-5)22-15-25(28(35)40-6)32(27(22)34)29(36)41-30(2,3)4/h7-14,17,21-22,25H,15-16H2,1-6H3/t21?,22-,25-/m0/s1. The van der Waals surface area contributed by atoms with Crippen LogP contribution in [0.3, 0.4) is 0 Å². The Morgan fingerprint density at radius 2 is 1.64 bits per heavy atom. The van der Waals surface area contributed by atoms with Crippen LogP contribution in [-0.2, 0) is 38.6 Å². The maximum Gasteiger partial charge on any atom is 0.417 e. The van der Waals surface area contributed by atoms with E-state index in [4.69, 9.17) is 14.2 Å². The Morgan fingerprint density at radius 3 is 2.24 bits per heavy atom. The van der Waals surface area contributed by atoms with Crippen molar-refractivity contribution >= 4 is 44.9 Å². The largest absolute Gasteiger partial charge is 0.469 e. The van der Waals surface area contributed by atoms with Gasteiger partial charge >= 0.3 is 18.0 Å². The summed E-state index contributed by atoms with van der Waals surface area (Å²) < 4.78 is 43.9. The minimum atomic E-state index is -4.08. The molecular weight excluding hydrogens is 564 g/mol. The highest BCUT2D eigenvalue weighted by Crippen LogP contribution is 2.43. The van der Waals surface area contributed by atoms with Gasteiger partial charge in [0.25, 0.3) is 10.0 Å². The molecule has 11 nitrogen and oxygen atoms in total. The molecule has 4 rings (SSSR count). The number of hydrogen-bond donors (Lipinski definition) is 0. The number of benzene rings is 2. The van der Waals surface area contributed by atoms with Crippen LogP contribution >= 0.6 is 0 Å². The van der Waals surface area contributed by atoms with Gasteiger partial charge < -0.3 is 14.2 Å². The van der Waals surface area contributed by atoms with E-state index in [0.29, 0.717) is 16.5 Å². The van der Waals surface area contributed by atoms with E-state index in [9.17, 15) is 27.6 Å². The summed E-state index contributed by atoms with van der Waals surface area (Å²) in [6.07, 6.45) is -0.117. The van der Waals surface area contributed by atoms with Gasteiger partial charge in [-0.15, -0.1) is 0 Å². The van der Waals surface area contributed by atoms with Crippen molar-refractivity contribution < 1.29 is 41.8 Å². The molecule has 1 unspecified atom stereocenters. The van der Waals surface area contributed by atoms with E-state index in [-0.39, 0.29) is 17.7 Å². The van der Waals surface area contributed by atoms with Crippen molar-refractivity contribution in [3.8, 4) is 0 Å². The molecule has 3 atom stereocenters. The average Bonchev–Trinajstić information content (AvgIpc) is 3.49. The second-order valence-corrected chi connectivity index (χ2v) is 13.0. The third-order valence-corrected chi connectivity index (χ3v) is 8.88. The third-order valence-electron chi connectivity index (χ3n) is 7.19. The van der Waals surface area contributed by atoms with E-state index in [2.05, 4.69) is 0 Å². The number of aromatic nitrogens is 1. The highest BCUT2D eigenvalue weighted by atomic mass is 32.2. The molecule has 0 spiro atoms. The molecule has 0 N–H and O–H groups in total. The number of rotatable bonds is 7. The fourth-order valence-electron chi connectivity index (χ4n) is 5.21. The van der Waals surface area contributed by atoms with Crippen LogP contribution in [0.5, 0.6) is 0 Å². The minimum absolute atomic E-state index is 0.0590. The number of methoxy groups -OCH3 is 2. The van der Waals surface area contributed by atoms with Crippen molar-refractivity contribution in [3.05, 3.63) is 65.9 Å². The van der Waals surface area contributed by atoms with E-state index in [1.807, 2.05) is 6.92 Å². The van der Waals surface area contributed by atoms with Crippen LogP contribution in [0.15, 0.2) is 59.6 Å². The summed E-state index contributed by atoms with van der Waals surface area (Å²) in [5.74, 6) is -4.26. The second-order valence-electron chi connectivity index (χ2n) is 11.2. The lowest BCUT2D eigenvalue weighted by atomic mass is 9.81. The quantitative estimate of drug-likeness (QED) is 0.290. The van der Waals surface area contributed by atoms with Crippen LogP contribution in [0, 0.1) is 12.8 Å². The SMILES string of the molecule is COC(=O)CC(c1cn(S(=O)(=O)c2ccc(C)cc2)c2ccccc12)[C@@H]1C[C@@H](C(=O)OC)N(C(=O)OC(C)(C)C)C1=O. The lowest BCUT2D eigenvalue weighted by molar-refractivity contribution is -0.149. The number of hydrogen-bond acceptors (Lipinski definition) is 9. The first-order chi connectivity index (χ1) is 19.7. The van der Waals surface area contributed by atoms with E-state index >= 15 is 0 Å². The zero-order valence-corrected chi connectivity index (χ0v) is 25.1. The molecule has 2 amide bonds. The number of para-hydroxylation sites is 1. The lowest BCUT2D eigenvalue weighted by Gasteiger charge is -2.26. The monoisotopic (exact) mass is 598 g/mol. The van der Waals surface area contributed by atoms with Gasteiger partial charge in [-0.3, -0.25) is 9.59 Å². The summed E-state index contributed by atoms with van der Waals surface area (Å²) in [6.45, 7) is 6.72. The smallest absolute Gasteiger partial charge is 0.417 e. The van der Waals surface area contributed by atoms with Gasteiger partial charge in [0.1, 0.15) is 11.6 Å². The lowest BCUT2D eigenvalue weighted by Crippen LogP contribution is -2.46. The zero-order chi connectivity index (χ0) is 31.0. The van der Waals surface area contributed by atoms with Crippen LogP contribution in [-0.4, -0.2) is 67.1 Å². The summed E-state index contributed by atoms with van der Waals surface area (Å²) in [5.41, 5.74) is 0.639. The summed E-state index contributed by atoms with van der Waals surface area (Å²) in [4.78, 5) is 53.2. The first kappa shape index (κ1) is 30.8. The van der Waals surface area contributed by atoms with Gasteiger partial charge in [-0.1, -0.05) is 35.9 Å². The highest BCUT2D eigenvalue weighted by Gasteiger charge is 2.52.